The Morgan fingerprint density at radius 3 is 2.21 bits per heavy atom. The van der Waals surface area contributed by atoms with Crippen LogP contribution in [0.3, 0.4) is 0 Å². The van der Waals surface area contributed by atoms with Gasteiger partial charge in [0.15, 0.2) is 5.41 Å². The summed E-state index contributed by atoms with van der Waals surface area (Å²) < 4.78 is 0. The zero-order valence-corrected chi connectivity index (χ0v) is 10.1. The minimum Gasteiger partial charge on any atom is -0.368 e. The first-order valence-electron chi connectivity index (χ1n) is 5.88. The molecule has 0 aromatic heterocycles. The minimum atomic E-state index is -1.56. The van der Waals surface area contributed by atoms with Crippen LogP contribution < -0.4 is 11.5 Å². The average Bonchev–Trinajstić information content (AvgIpc) is 2.39. The molecule has 0 fully saturated rings. The van der Waals surface area contributed by atoms with Crippen LogP contribution in [0.1, 0.15) is 11.1 Å². The number of carbonyl (C=O) groups is 2. The Morgan fingerprint density at radius 1 is 0.947 bits per heavy atom. The van der Waals surface area contributed by atoms with Crippen LogP contribution in [0.5, 0.6) is 0 Å². The summed E-state index contributed by atoms with van der Waals surface area (Å²) in [6.07, 6.45) is 3.22. The topological polar surface area (TPSA) is 86.2 Å². The fourth-order valence-corrected chi connectivity index (χ4v) is 2.69. The second-order valence-electron chi connectivity index (χ2n) is 4.62. The molecule has 1 aliphatic carbocycles. The third-order valence-corrected chi connectivity index (χ3v) is 3.65. The summed E-state index contributed by atoms with van der Waals surface area (Å²) in [5.74, 6) is -1.50. The zero-order valence-electron chi connectivity index (χ0n) is 10.1. The van der Waals surface area contributed by atoms with E-state index in [-0.39, 0.29) is 0 Å². The van der Waals surface area contributed by atoms with Gasteiger partial charge in [0.1, 0.15) is 0 Å². The Labute approximate surface area is 109 Å². The van der Waals surface area contributed by atoms with Gasteiger partial charge in [0.05, 0.1) is 0 Å². The second kappa shape index (κ2) is 3.68. The molecule has 2 aromatic carbocycles. The number of benzene rings is 2. The van der Waals surface area contributed by atoms with E-state index in [0.29, 0.717) is 5.56 Å². The SMILES string of the molecule is NC(=O)C1(C(N)=O)C=Cc2cccc3cccc1c23. The quantitative estimate of drug-likeness (QED) is 0.783. The van der Waals surface area contributed by atoms with Crippen LogP contribution in [0.15, 0.2) is 42.5 Å². The van der Waals surface area contributed by atoms with E-state index in [0.717, 1.165) is 16.3 Å². The number of rotatable bonds is 2. The summed E-state index contributed by atoms with van der Waals surface area (Å²) in [5.41, 5.74) is 10.8. The Bertz CT molecular complexity index is 728. The Balaban J connectivity index is 2.48. The van der Waals surface area contributed by atoms with Crippen molar-refractivity contribution in [2.75, 3.05) is 0 Å². The van der Waals surface area contributed by atoms with Gasteiger partial charge in [-0.15, -0.1) is 0 Å². The summed E-state index contributed by atoms with van der Waals surface area (Å²) >= 11 is 0. The second-order valence-corrected chi connectivity index (χ2v) is 4.62. The van der Waals surface area contributed by atoms with Crippen LogP contribution in [0.4, 0.5) is 0 Å². The van der Waals surface area contributed by atoms with Gasteiger partial charge in [-0.05, 0) is 21.9 Å². The number of primary amides is 2. The summed E-state index contributed by atoms with van der Waals surface area (Å²) in [6, 6.07) is 11.2. The molecule has 1 aliphatic rings. The molecule has 0 atom stereocenters. The predicted octanol–water partition coefficient (Wildman–Crippen LogP) is 1.07. The van der Waals surface area contributed by atoms with E-state index in [2.05, 4.69) is 0 Å². The summed E-state index contributed by atoms with van der Waals surface area (Å²) in [7, 11) is 0. The monoisotopic (exact) mass is 252 g/mol. The van der Waals surface area contributed by atoms with Crippen LogP contribution in [0, 0.1) is 0 Å². The van der Waals surface area contributed by atoms with E-state index >= 15 is 0 Å². The van der Waals surface area contributed by atoms with Crippen LogP contribution in [0.2, 0.25) is 0 Å². The molecule has 0 radical (unpaired) electrons. The molecule has 2 aromatic rings. The number of hydrogen-bond donors (Lipinski definition) is 2. The number of carbonyl (C=O) groups excluding carboxylic acids is 2. The fraction of sp³-hybridized carbons (Fsp3) is 0.0667. The van der Waals surface area contributed by atoms with Crippen molar-refractivity contribution in [1.82, 2.24) is 0 Å². The van der Waals surface area contributed by atoms with E-state index < -0.39 is 17.2 Å². The Kier molecular flexibility index (Phi) is 2.22. The van der Waals surface area contributed by atoms with Gasteiger partial charge >= 0.3 is 0 Å². The molecular weight excluding hydrogens is 240 g/mol. The Morgan fingerprint density at radius 2 is 1.58 bits per heavy atom. The highest BCUT2D eigenvalue weighted by molar-refractivity contribution is 6.17. The van der Waals surface area contributed by atoms with E-state index in [1.807, 2.05) is 24.3 Å². The fourth-order valence-electron chi connectivity index (χ4n) is 2.69. The summed E-state index contributed by atoms with van der Waals surface area (Å²) in [6.45, 7) is 0. The lowest BCUT2D eigenvalue weighted by molar-refractivity contribution is -0.131. The smallest absolute Gasteiger partial charge is 0.241 e. The maximum absolute atomic E-state index is 11.8. The zero-order chi connectivity index (χ0) is 13.6. The first-order chi connectivity index (χ1) is 9.07. The van der Waals surface area contributed by atoms with Crippen molar-refractivity contribution in [3.8, 4) is 0 Å². The lowest BCUT2D eigenvalue weighted by Crippen LogP contribution is -2.50. The van der Waals surface area contributed by atoms with E-state index in [9.17, 15) is 9.59 Å². The van der Waals surface area contributed by atoms with E-state index in [1.54, 1.807) is 18.2 Å². The van der Waals surface area contributed by atoms with E-state index in [1.165, 1.54) is 6.08 Å². The third kappa shape index (κ3) is 1.34. The van der Waals surface area contributed by atoms with Gasteiger partial charge in [-0.1, -0.05) is 48.6 Å². The van der Waals surface area contributed by atoms with Gasteiger partial charge in [-0.2, -0.15) is 0 Å². The molecule has 4 heteroatoms. The van der Waals surface area contributed by atoms with Gasteiger partial charge in [0, 0.05) is 0 Å². The predicted molar refractivity (Wildman–Crippen MR) is 73.0 cm³/mol. The average molecular weight is 252 g/mol. The molecule has 19 heavy (non-hydrogen) atoms. The molecule has 0 heterocycles. The van der Waals surface area contributed by atoms with Gasteiger partial charge < -0.3 is 11.5 Å². The maximum atomic E-state index is 11.8. The molecule has 2 amide bonds. The van der Waals surface area contributed by atoms with Gasteiger partial charge in [-0.3, -0.25) is 9.59 Å². The summed E-state index contributed by atoms with van der Waals surface area (Å²) in [5, 5.41) is 1.80. The van der Waals surface area contributed by atoms with E-state index in [4.69, 9.17) is 11.5 Å². The molecule has 0 aliphatic heterocycles. The molecule has 3 rings (SSSR count). The standard InChI is InChI=1S/C15H12N2O2/c16-13(18)15(14(17)19)8-7-10-4-1-3-9-5-2-6-11(15)12(9)10/h1-8H,(H2,16,18)(H2,17,19). The molecule has 0 unspecified atom stereocenters. The van der Waals surface area contributed by atoms with Crippen LogP contribution in [0.25, 0.3) is 16.8 Å². The summed E-state index contributed by atoms with van der Waals surface area (Å²) in [4.78, 5) is 23.7. The molecule has 0 spiro atoms. The van der Waals surface area contributed by atoms with Crippen molar-refractivity contribution in [1.29, 1.82) is 0 Å². The first kappa shape index (κ1) is 11.5. The van der Waals surface area contributed by atoms with Crippen molar-refractivity contribution < 1.29 is 9.59 Å². The molecule has 4 N–H and O–H groups in total. The highest BCUT2D eigenvalue weighted by Gasteiger charge is 2.45. The number of nitrogens with two attached hydrogens (primary N) is 2. The lowest BCUT2D eigenvalue weighted by Gasteiger charge is -2.29. The normalized spacial score (nSPS) is 15.4. The van der Waals surface area contributed by atoms with Crippen LogP contribution in [-0.4, -0.2) is 11.8 Å². The van der Waals surface area contributed by atoms with Gasteiger partial charge in [-0.25, -0.2) is 0 Å². The maximum Gasteiger partial charge on any atom is 0.241 e. The van der Waals surface area contributed by atoms with Gasteiger partial charge in [0.25, 0.3) is 0 Å². The van der Waals surface area contributed by atoms with Crippen LogP contribution in [-0.2, 0) is 15.0 Å². The van der Waals surface area contributed by atoms with Crippen molar-refractivity contribution in [2.45, 2.75) is 5.41 Å². The molecule has 4 nitrogen and oxygen atoms in total. The molecule has 0 saturated carbocycles. The largest absolute Gasteiger partial charge is 0.368 e. The molecule has 94 valence electrons. The van der Waals surface area contributed by atoms with Crippen molar-refractivity contribution in [2.24, 2.45) is 11.5 Å². The molecular formula is C15H12N2O2. The van der Waals surface area contributed by atoms with Crippen molar-refractivity contribution in [3.63, 3.8) is 0 Å². The highest BCUT2D eigenvalue weighted by Crippen LogP contribution is 2.38. The lowest BCUT2D eigenvalue weighted by atomic mass is 9.72. The van der Waals surface area contributed by atoms with Crippen molar-refractivity contribution >= 4 is 28.7 Å². The number of hydrogen-bond acceptors (Lipinski definition) is 2. The van der Waals surface area contributed by atoms with Gasteiger partial charge in [0.2, 0.25) is 11.8 Å². The minimum absolute atomic E-state index is 0.558. The highest BCUT2D eigenvalue weighted by atomic mass is 16.2. The van der Waals surface area contributed by atoms with Crippen molar-refractivity contribution in [3.05, 3.63) is 53.6 Å². The third-order valence-electron chi connectivity index (χ3n) is 3.65. The Hall–Kier alpha value is -2.62. The molecule has 0 bridgehead atoms. The first-order valence-corrected chi connectivity index (χ1v) is 5.88. The van der Waals surface area contributed by atoms with Crippen LogP contribution >= 0.6 is 0 Å². The molecule has 0 saturated heterocycles. The number of amides is 2.